The molecule has 0 aromatic carbocycles. The molecule has 0 spiro atoms. The van der Waals surface area contributed by atoms with Gasteiger partial charge < -0.3 is 24.4 Å². The zero-order chi connectivity index (χ0) is 21.2. The van der Waals surface area contributed by atoms with Crippen molar-refractivity contribution in [3.05, 3.63) is 12.2 Å². The van der Waals surface area contributed by atoms with Crippen LogP contribution in [0.15, 0.2) is 12.2 Å². The minimum Gasteiger partial charge on any atom is -0.406 e. The first-order valence-electron chi connectivity index (χ1n) is 11.6. The summed E-state index contributed by atoms with van der Waals surface area (Å²) in [5, 5.41) is 18.0. The fourth-order valence-corrected chi connectivity index (χ4v) is 3.07. The molecule has 2 atom stereocenters. The van der Waals surface area contributed by atoms with Crippen molar-refractivity contribution in [1.29, 1.82) is 0 Å². The quantitative estimate of drug-likeness (QED) is 0.0993. The van der Waals surface area contributed by atoms with E-state index < -0.39 is 18.7 Å². The van der Waals surface area contributed by atoms with Crippen molar-refractivity contribution in [3.63, 3.8) is 0 Å². The number of hydrogen-bond donors (Lipinski definition) is 2. The molecule has 1 fully saturated rings. The first-order valence-corrected chi connectivity index (χ1v) is 11.6. The Balaban J connectivity index is 1.87. The van der Waals surface area contributed by atoms with Gasteiger partial charge in [0.15, 0.2) is 0 Å². The minimum absolute atomic E-state index is 0.128. The maximum absolute atomic E-state index is 11.8. The molecule has 0 radical (unpaired) electrons. The molecule has 1 aliphatic rings. The van der Waals surface area contributed by atoms with Crippen molar-refractivity contribution in [3.8, 4) is 0 Å². The van der Waals surface area contributed by atoms with Gasteiger partial charge in [-0.15, -0.1) is 0 Å². The molecule has 6 heteroatoms. The first-order chi connectivity index (χ1) is 14.1. The van der Waals surface area contributed by atoms with Crippen LogP contribution >= 0.6 is 0 Å². The van der Waals surface area contributed by atoms with Crippen LogP contribution in [0.2, 0.25) is 0 Å². The minimum atomic E-state index is -1.34. The van der Waals surface area contributed by atoms with E-state index in [2.05, 4.69) is 19.1 Å². The number of carbonyl (C=O) groups is 1. The van der Waals surface area contributed by atoms with Crippen LogP contribution in [0.1, 0.15) is 96.8 Å². The molecule has 0 aliphatic carbocycles. The van der Waals surface area contributed by atoms with Crippen LogP contribution in [0.25, 0.3) is 0 Å². The molecule has 29 heavy (non-hydrogen) atoms. The molecule has 0 amide bonds. The highest BCUT2D eigenvalue weighted by Gasteiger charge is 2.51. The van der Waals surface area contributed by atoms with Gasteiger partial charge in [-0.1, -0.05) is 70.4 Å². The van der Waals surface area contributed by atoms with E-state index in [1.165, 1.54) is 57.8 Å². The average molecular weight is 415 g/mol. The highest BCUT2D eigenvalue weighted by atomic mass is 16.9. The van der Waals surface area contributed by atoms with Gasteiger partial charge in [-0.3, -0.25) is 4.79 Å². The summed E-state index contributed by atoms with van der Waals surface area (Å²) in [7, 11) is 0. The van der Waals surface area contributed by atoms with E-state index in [0.29, 0.717) is 6.42 Å². The molecule has 0 aromatic heterocycles. The largest absolute Gasteiger partial charge is 0.406 e. The Bertz CT molecular complexity index is 433. The number of aliphatic hydroxyl groups is 2. The van der Waals surface area contributed by atoms with E-state index in [-0.39, 0.29) is 19.2 Å². The van der Waals surface area contributed by atoms with Gasteiger partial charge in [-0.05, 0) is 32.1 Å². The number of allylic oxidation sites excluding steroid dienone is 2. The molecule has 1 heterocycles. The van der Waals surface area contributed by atoms with Gasteiger partial charge >= 0.3 is 11.9 Å². The molecule has 2 unspecified atom stereocenters. The molecule has 0 saturated carbocycles. The van der Waals surface area contributed by atoms with Crippen LogP contribution in [0.4, 0.5) is 0 Å². The number of rotatable bonds is 20. The number of hydrogen-bond acceptors (Lipinski definition) is 6. The zero-order valence-electron chi connectivity index (χ0n) is 18.3. The van der Waals surface area contributed by atoms with Crippen molar-refractivity contribution in [1.82, 2.24) is 0 Å². The van der Waals surface area contributed by atoms with Crippen LogP contribution in [0.3, 0.4) is 0 Å². The van der Waals surface area contributed by atoms with Crippen LogP contribution in [0.5, 0.6) is 0 Å². The van der Waals surface area contributed by atoms with Gasteiger partial charge in [0.05, 0.1) is 13.2 Å². The van der Waals surface area contributed by atoms with Crippen LogP contribution in [0, 0.1) is 0 Å². The zero-order valence-corrected chi connectivity index (χ0v) is 18.3. The van der Waals surface area contributed by atoms with Crippen LogP contribution in [-0.4, -0.2) is 48.1 Å². The summed E-state index contributed by atoms with van der Waals surface area (Å²) in [5.41, 5.74) is 0. The van der Waals surface area contributed by atoms with E-state index >= 15 is 0 Å². The summed E-state index contributed by atoms with van der Waals surface area (Å²) in [6.07, 6.45) is 19.8. The number of epoxide rings is 1. The fraction of sp³-hybridized carbons (Fsp3) is 0.870. The fourth-order valence-electron chi connectivity index (χ4n) is 3.07. The second-order valence-corrected chi connectivity index (χ2v) is 7.93. The Labute approximate surface area is 176 Å². The third-order valence-electron chi connectivity index (χ3n) is 5.00. The van der Waals surface area contributed by atoms with E-state index in [1.54, 1.807) is 0 Å². The predicted octanol–water partition coefficient (Wildman–Crippen LogP) is 4.62. The lowest BCUT2D eigenvalue weighted by Gasteiger charge is -2.15. The highest BCUT2D eigenvalue weighted by molar-refractivity contribution is 5.69. The predicted molar refractivity (Wildman–Crippen MR) is 113 cm³/mol. The smallest absolute Gasteiger partial charge is 0.354 e. The molecule has 1 aliphatic heterocycles. The van der Waals surface area contributed by atoms with Crippen molar-refractivity contribution in [2.75, 3.05) is 19.8 Å². The molecule has 6 nitrogen and oxygen atoms in total. The molecular formula is C23H42O6. The third kappa shape index (κ3) is 14.6. The summed E-state index contributed by atoms with van der Waals surface area (Å²) in [6, 6.07) is 0. The Morgan fingerprint density at radius 2 is 1.55 bits per heavy atom. The number of aliphatic hydroxyl groups excluding tert-OH is 2. The number of carbonyl (C=O) groups excluding carboxylic acids is 1. The third-order valence-corrected chi connectivity index (χ3v) is 5.00. The van der Waals surface area contributed by atoms with Crippen molar-refractivity contribution in [2.24, 2.45) is 0 Å². The lowest BCUT2D eigenvalue weighted by atomic mass is 10.1. The summed E-state index contributed by atoms with van der Waals surface area (Å²) in [4.78, 5) is 11.8. The lowest BCUT2D eigenvalue weighted by Crippen LogP contribution is -2.30. The van der Waals surface area contributed by atoms with Crippen molar-refractivity contribution in [2.45, 2.75) is 109 Å². The molecule has 1 saturated heterocycles. The topological polar surface area (TPSA) is 88.5 Å². The second-order valence-electron chi connectivity index (χ2n) is 7.93. The van der Waals surface area contributed by atoms with Gasteiger partial charge in [0.2, 0.25) is 0 Å². The summed E-state index contributed by atoms with van der Waals surface area (Å²) < 4.78 is 15.4. The highest BCUT2D eigenvalue weighted by Crippen LogP contribution is 2.30. The maximum Gasteiger partial charge on any atom is 0.354 e. The molecule has 0 aromatic rings. The average Bonchev–Trinajstić information content (AvgIpc) is 3.48. The number of unbranched alkanes of at least 4 members (excludes halogenated alkanes) is 11. The standard InChI is InChI=1S/C23H42O6/c1-2-3-4-5-6-7-8-9-10-11-12-13-14-15-16-17-22(26)29-23(20-28-23)27-19-21(25)18-24/h9-10,21,24-25H,2-8,11-20H2,1H3/b10-9-. The van der Waals surface area contributed by atoms with E-state index in [0.717, 1.165) is 25.7 Å². The van der Waals surface area contributed by atoms with Gasteiger partial charge in [-0.2, -0.15) is 0 Å². The molecule has 1 rings (SSSR count). The Morgan fingerprint density at radius 1 is 1.00 bits per heavy atom. The summed E-state index contributed by atoms with van der Waals surface area (Å²) >= 11 is 0. The van der Waals surface area contributed by atoms with Crippen LogP contribution < -0.4 is 0 Å². The van der Waals surface area contributed by atoms with Gasteiger partial charge in [0.25, 0.3) is 0 Å². The van der Waals surface area contributed by atoms with Gasteiger partial charge in [0, 0.05) is 6.42 Å². The lowest BCUT2D eigenvalue weighted by molar-refractivity contribution is -0.233. The Morgan fingerprint density at radius 3 is 2.10 bits per heavy atom. The van der Waals surface area contributed by atoms with Gasteiger partial charge in [0.1, 0.15) is 12.7 Å². The molecule has 0 bridgehead atoms. The monoisotopic (exact) mass is 414 g/mol. The second kappa shape index (κ2) is 16.8. The number of ether oxygens (including phenoxy) is 3. The molecule has 170 valence electrons. The summed E-state index contributed by atoms with van der Waals surface area (Å²) in [5.74, 6) is -1.69. The Kier molecular flexibility index (Phi) is 15.1. The van der Waals surface area contributed by atoms with E-state index in [1.807, 2.05) is 0 Å². The Hall–Kier alpha value is -0.950. The summed E-state index contributed by atoms with van der Waals surface area (Å²) in [6.45, 7) is 1.89. The molecular weight excluding hydrogens is 372 g/mol. The van der Waals surface area contributed by atoms with Crippen molar-refractivity contribution < 1.29 is 29.2 Å². The first kappa shape index (κ1) is 26.1. The van der Waals surface area contributed by atoms with Gasteiger partial charge in [-0.25, -0.2) is 0 Å². The molecule has 2 N–H and O–H groups in total. The van der Waals surface area contributed by atoms with E-state index in [9.17, 15) is 9.90 Å². The van der Waals surface area contributed by atoms with Crippen molar-refractivity contribution >= 4 is 5.97 Å². The number of esters is 1. The van der Waals surface area contributed by atoms with Crippen LogP contribution in [-0.2, 0) is 19.0 Å². The normalized spacial score (nSPS) is 19.6. The maximum atomic E-state index is 11.8. The van der Waals surface area contributed by atoms with E-state index in [4.69, 9.17) is 19.3 Å². The SMILES string of the molecule is CCCCCCCC/C=C\CCCCCCCC(=O)OC1(OCC(O)CO)CO1.